The SMILES string of the molecule is NC(CC1CC1)C1=COCCC1. The second kappa shape index (κ2) is 3.48. The Morgan fingerprint density at radius 1 is 1.58 bits per heavy atom. The fraction of sp³-hybridized carbons (Fsp3) is 0.800. The van der Waals surface area contributed by atoms with Crippen molar-refractivity contribution in [2.45, 2.75) is 38.1 Å². The Kier molecular flexibility index (Phi) is 2.35. The summed E-state index contributed by atoms with van der Waals surface area (Å²) in [5.41, 5.74) is 7.37. The molecular formula is C10H17NO. The lowest BCUT2D eigenvalue weighted by atomic mass is 9.98. The highest BCUT2D eigenvalue weighted by atomic mass is 16.5. The van der Waals surface area contributed by atoms with E-state index in [2.05, 4.69) is 0 Å². The van der Waals surface area contributed by atoms with Crippen molar-refractivity contribution in [1.82, 2.24) is 0 Å². The van der Waals surface area contributed by atoms with Gasteiger partial charge in [-0.2, -0.15) is 0 Å². The number of nitrogens with two attached hydrogens (primary N) is 1. The highest BCUT2D eigenvalue weighted by molar-refractivity contribution is 5.09. The van der Waals surface area contributed by atoms with Crippen molar-refractivity contribution in [3.8, 4) is 0 Å². The molecule has 0 amide bonds. The van der Waals surface area contributed by atoms with E-state index in [9.17, 15) is 0 Å². The van der Waals surface area contributed by atoms with Crippen LogP contribution in [0.4, 0.5) is 0 Å². The molecule has 2 aliphatic rings. The quantitative estimate of drug-likeness (QED) is 0.695. The van der Waals surface area contributed by atoms with Crippen molar-refractivity contribution in [1.29, 1.82) is 0 Å². The molecule has 1 aliphatic heterocycles. The lowest BCUT2D eigenvalue weighted by molar-refractivity contribution is 0.220. The van der Waals surface area contributed by atoms with Crippen molar-refractivity contribution in [3.63, 3.8) is 0 Å². The summed E-state index contributed by atoms with van der Waals surface area (Å²) >= 11 is 0. The molecule has 2 nitrogen and oxygen atoms in total. The standard InChI is InChI=1S/C10H17NO/c11-10(6-8-3-4-8)9-2-1-5-12-7-9/h7-8,10H,1-6,11H2. The number of ether oxygens (including phenoxy) is 1. The van der Waals surface area contributed by atoms with Crippen LogP contribution >= 0.6 is 0 Å². The zero-order valence-corrected chi connectivity index (χ0v) is 7.46. The number of hydrogen-bond donors (Lipinski definition) is 1. The van der Waals surface area contributed by atoms with Crippen LogP contribution in [0.15, 0.2) is 11.8 Å². The zero-order valence-electron chi connectivity index (χ0n) is 7.46. The summed E-state index contributed by atoms with van der Waals surface area (Å²) in [6.45, 7) is 0.875. The second-order valence-corrected chi connectivity index (χ2v) is 3.95. The molecule has 0 spiro atoms. The van der Waals surface area contributed by atoms with Crippen LogP contribution in [0.5, 0.6) is 0 Å². The first kappa shape index (κ1) is 8.11. The van der Waals surface area contributed by atoms with Gasteiger partial charge in [-0.25, -0.2) is 0 Å². The van der Waals surface area contributed by atoms with E-state index < -0.39 is 0 Å². The molecule has 2 N–H and O–H groups in total. The van der Waals surface area contributed by atoms with E-state index in [1.165, 1.54) is 24.8 Å². The van der Waals surface area contributed by atoms with Crippen LogP contribution < -0.4 is 5.73 Å². The zero-order chi connectivity index (χ0) is 8.39. The maximum atomic E-state index is 6.04. The second-order valence-electron chi connectivity index (χ2n) is 3.95. The minimum Gasteiger partial charge on any atom is -0.501 e. The van der Waals surface area contributed by atoms with Crippen molar-refractivity contribution >= 4 is 0 Å². The van der Waals surface area contributed by atoms with Gasteiger partial charge >= 0.3 is 0 Å². The fourth-order valence-corrected chi connectivity index (χ4v) is 1.72. The van der Waals surface area contributed by atoms with Gasteiger partial charge in [0, 0.05) is 6.04 Å². The third kappa shape index (κ3) is 2.01. The molecule has 0 aromatic rings. The van der Waals surface area contributed by atoms with E-state index in [1.54, 1.807) is 0 Å². The van der Waals surface area contributed by atoms with E-state index >= 15 is 0 Å². The normalized spacial score (nSPS) is 25.9. The summed E-state index contributed by atoms with van der Waals surface area (Å²) in [5.74, 6) is 0.919. The summed E-state index contributed by atoms with van der Waals surface area (Å²) in [5, 5.41) is 0. The van der Waals surface area contributed by atoms with E-state index in [4.69, 9.17) is 10.5 Å². The van der Waals surface area contributed by atoms with Crippen LogP contribution in [-0.2, 0) is 4.74 Å². The Bertz CT molecular complexity index is 184. The number of hydrogen-bond acceptors (Lipinski definition) is 2. The van der Waals surface area contributed by atoms with Crippen molar-refractivity contribution in [2.75, 3.05) is 6.61 Å². The molecule has 1 heterocycles. The molecule has 2 heteroatoms. The highest BCUT2D eigenvalue weighted by Crippen LogP contribution is 2.35. The first-order valence-electron chi connectivity index (χ1n) is 4.92. The van der Waals surface area contributed by atoms with Gasteiger partial charge in [0.15, 0.2) is 0 Å². The van der Waals surface area contributed by atoms with Gasteiger partial charge < -0.3 is 10.5 Å². The van der Waals surface area contributed by atoms with E-state index in [0.29, 0.717) is 0 Å². The molecule has 0 bridgehead atoms. The summed E-state index contributed by atoms with van der Waals surface area (Å²) in [6, 6.07) is 0.276. The summed E-state index contributed by atoms with van der Waals surface area (Å²) in [7, 11) is 0. The molecule has 2 rings (SSSR count). The Morgan fingerprint density at radius 2 is 2.42 bits per heavy atom. The van der Waals surface area contributed by atoms with Gasteiger partial charge in [-0.15, -0.1) is 0 Å². The van der Waals surface area contributed by atoms with Gasteiger partial charge in [0.2, 0.25) is 0 Å². The van der Waals surface area contributed by atoms with Crippen LogP contribution in [0.1, 0.15) is 32.1 Å². The molecule has 0 radical (unpaired) electrons. The van der Waals surface area contributed by atoms with Crippen molar-refractivity contribution < 1.29 is 4.74 Å². The van der Waals surface area contributed by atoms with Gasteiger partial charge in [-0.1, -0.05) is 12.8 Å². The molecular weight excluding hydrogens is 150 g/mol. The Balaban J connectivity index is 1.83. The molecule has 0 aromatic carbocycles. The maximum Gasteiger partial charge on any atom is 0.0876 e. The van der Waals surface area contributed by atoms with E-state index in [0.717, 1.165) is 25.4 Å². The van der Waals surface area contributed by atoms with Gasteiger partial charge in [0.05, 0.1) is 12.9 Å². The first-order valence-corrected chi connectivity index (χ1v) is 4.92. The number of rotatable bonds is 3. The third-order valence-electron chi connectivity index (χ3n) is 2.72. The van der Waals surface area contributed by atoms with Crippen LogP contribution in [0.25, 0.3) is 0 Å². The van der Waals surface area contributed by atoms with Crippen molar-refractivity contribution in [2.24, 2.45) is 11.7 Å². The van der Waals surface area contributed by atoms with Gasteiger partial charge in [-0.05, 0) is 30.8 Å². The fourth-order valence-electron chi connectivity index (χ4n) is 1.72. The average Bonchev–Trinajstić information content (AvgIpc) is 2.90. The smallest absolute Gasteiger partial charge is 0.0876 e. The molecule has 1 fully saturated rings. The Hall–Kier alpha value is -0.500. The lowest BCUT2D eigenvalue weighted by Crippen LogP contribution is -2.25. The summed E-state index contributed by atoms with van der Waals surface area (Å²) in [6.07, 6.45) is 8.13. The minimum atomic E-state index is 0.276. The van der Waals surface area contributed by atoms with E-state index in [-0.39, 0.29) is 6.04 Å². The molecule has 1 unspecified atom stereocenters. The molecule has 1 aliphatic carbocycles. The average molecular weight is 167 g/mol. The molecule has 68 valence electrons. The summed E-state index contributed by atoms with van der Waals surface area (Å²) in [4.78, 5) is 0. The highest BCUT2D eigenvalue weighted by Gasteiger charge is 2.25. The van der Waals surface area contributed by atoms with Crippen LogP contribution in [0.2, 0.25) is 0 Å². The third-order valence-corrected chi connectivity index (χ3v) is 2.72. The predicted molar refractivity (Wildman–Crippen MR) is 48.6 cm³/mol. The van der Waals surface area contributed by atoms with E-state index in [1.807, 2.05) is 6.26 Å². The first-order chi connectivity index (χ1) is 5.86. The van der Waals surface area contributed by atoms with Gasteiger partial charge in [0.25, 0.3) is 0 Å². The maximum absolute atomic E-state index is 6.04. The van der Waals surface area contributed by atoms with Crippen LogP contribution in [0, 0.1) is 5.92 Å². The largest absolute Gasteiger partial charge is 0.501 e. The van der Waals surface area contributed by atoms with Crippen molar-refractivity contribution in [3.05, 3.63) is 11.8 Å². The van der Waals surface area contributed by atoms with Gasteiger partial charge in [-0.3, -0.25) is 0 Å². The molecule has 0 saturated heterocycles. The predicted octanol–water partition coefficient (Wildman–Crippen LogP) is 1.81. The molecule has 1 saturated carbocycles. The van der Waals surface area contributed by atoms with Gasteiger partial charge in [0.1, 0.15) is 0 Å². The minimum absolute atomic E-state index is 0.276. The van der Waals surface area contributed by atoms with Crippen LogP contribution in [-0.4, -0.2) is 12.6 Å². The summed E-state index contributed by atoms with van der Waals surface area (Å²) < 4.78 is 5.26. The lowest BCUT2D eigenvalue weighted by Gasteiger charge is -2.19. The molecule has 12 heavy (non-hydrogen) atoms. The Morgan fingerprint density at radius 3 is 3.00 bits per heavy atom. The monoisotopic (exact) mass is 167 g/mol. The Labute approximate surface area is 73.8 Å². The molecule has 0 aromatic heterocycles. The molecule has 1 atom stereocenters. The topological polar surface area (TPSA) is 35.2 Å². The van der Waals surface area contributed by atoms with Crippen LogP contribution in [0.3, 0.4) is 0 Å².